The lowest BCUT2D eigenvalue weighted by Gasteiger charge is -2.07. The number of pyridine rings is 1. The Balaban J connectivity index is 2.03. The first-order valence-electron chi connectivity index (χ1n) is 5.92. The molecule has 0 saturated carbocycles. The van der Waals surface area contributed by atoms with Crippen molar-refractivity contribution in [2.24, 2.45) is 0 Å². The van der Waals surface area contributed by atoms with Gasteiger partial charge in [0.05, 0.1) is 11.3 Å². The van der Waals surface area contributed by atoms with Gasteiger partial charge in [0, 0.05) is 10.7 Å². The summed E-state index contributed by atoms with van der Waals surface area (Å²) >= 11 is 5.79. The van der Waals surface area contributed by atoms with Crippen LogP contribution in [0, 0.1) is 13.8 Å². The normalized spacial score (nSPS) is 10.3. The third kappa shape index (κ3) is 3.55. The summed E-state index contributed by atoms with van der Waals surface area (Å²) in [5, 5.41) is 0.661. The molecule has 0 N–H and O–H groups in total. The van der Waals surface area contributed by atoms with Gasteiger partial charge in [0.25, 0.3) is 0 Å². The van der Waals surface area contributed by atoms with Gasteiger partial charge in [-0.05, 0) is 43.7 Å². The van der Waals surface area contributed by atoms with Crippen LogP contribution in [-0.2, 0) is 11.3 Å². The second-order valence-electron chi connectivity index (χ2n) is 4.29. The molecule has 0 bridgehead atoms. The van der Waals surface area contributed by atoms with Gasteiger partial charge >= 0.3 is 5.97 Å². The quantitative estimate of drug-likeness (QED) is 0.802. The molecular formula is C15H14ClNO2. The van der Waals surface area contributed by atoms with E-state index in [0.29, 0.717) is 16.3 Å². The van der Waals surface area contributed by atoms with E-state index in [9.17, 15) is 4.79 Å². The van der Waals surface area contributed by atoms with Crippen molar-refractivity contribution in [1.29, 1.82) is 0 Å². The van der Waals surface area contributed by atoms with E-state index in [1.807, 2.05) is 19.1 Å². The molecule has 2 rings (SSSR count). The zero-order valence-electron chi connectivity index (χ0n) is 10.8. The number of hydrogen-bond donors (Lipinski definition) is 0. The average Bonchev–Trinajstić information content (AvgIpc) is 2.37. The molecular weight excluding hydrogens is 262 g/mol. The molecule has 1 aromatic carbocycles. The summed E-state index contributed by atoms with van der Waals surface area (Å²) in [6.07, 6.45) is 0. The highest BCUT2D eigenvalue weighted by molar-refractivity contribution is 6.30. The third-order valence-electron chi connectivity index (χ3n) is 2.73. The smallest absolute Gasteiger partial charge is 0.340 e. The summed E-state index contributed by atoms with van der Waals surface area (Å²) in [5.41, 5.74) is 2.96. The fourth-order valence-corrected chi connectivity index (χ4v) is 1.84. The number of aryl methyl sites for hydroxylation is 2. The van der Waals surface area contributed by atoms with Crippen molar-refractivity contribution < 1.29 is 9.53 Å². The van der Waals surface area contributed by atoms with Gasteiger partial charge in [0.1, 0.15) is 6.61 Å². The van der Waals surface area contributed by atoms with Crippen molar-refractivity contribution in [3.63, 3.8) is 0 Å². The number of esters is 1. The van der Waals surface area contributed by atoms with Gasteiger partial charge in [-0.1, -0.05) is 23.7 Å². The van der Waals surface area contributed by atoms with Crippen LogP contribution >= 0.6 is 11.6 Å². The van der Waals surface area contributed by atoms with Crippen LogP contribution < -0.4 is 0 Å². The number of hydrogen-bond acceptors (Lipinski definition) is 3. The van der Waals surface area contributed by atoms with Crippen molar-refractivity contribution in [1.82, 2.24) is 4.98 Å². The van der Waals surface area contributed by atoms with Gasteiger partial charge in [0.15, 0.2) is 0 Å². The molecule has 0 spiro atoms. The van der Waals surface area contributed by atoms with E-state index in [-0.39, 0.29) is 12.6 Å². The molecule has 0 amide bonds. The van der Waals surface area contributed by atoms with Crippen LogP contribution in [0.15, 0.2) is 36.4 Å². The second kappa shape index (κ2) is 5.85. The lowest BCUT2D eigenvalue weighted by Crippen LogP contribution is -2.08. The minimum atomic E-state index is -0.361. The number of halogens is 1. The highest BCUT2D eigenvalue weighted by Gasteiger charge is 2.11. The Labute approximate surface area is 117 Å². The number of ether oxygens (including phenoxy) is 1. The van der Waals surface area contributed by atoms with Gasteiger partial charge in [0.2, 0.25) is 0 Å². The minimum absolute atomic E-state index is 0.226. The first kappa shape index (κ1) is 13.6. The van der Waals surface area contributed by atoms with Gasteiger partial charge in [-0.15, -0.1) is 0 Å². The topological polar surface area (TPSA) is 39.2 Å². The molecule has 0 saturated heterocycles. The minimum Gasteiger partial charge on any atom is -0.457 e. The molecule has 0 unspecified atom stereocenters. The molecule has 0 aliphatic heterocycles. The van der Waals surface area contributed by atoms with Crippen molar-refractivity contribution >= 4 is 17.6 Å². The van der Waals surface area contributed by atoms with E-state index in [4.69, 9.17) is 16.3 Å². The van der Waals surface area contributed by atoms with E-state index in [1.54, 1.807) is 31.2 Å². The predicted octanol–water partition coefficient (Wildman–Crippen LogP) is 3.71. The van der Waals surface area contributed by atoms with Crippen LogP contribution in [0.3, 0.4) is 0 Å². The van der Waals surface area contributed by atoms with E-state index in [2.05, 4.69) is 4.98 Å². The number of benzene rings is 1. The summed E-state index contributed by atoms with van der Waals surface area (Å²) in [4.78, 5) is 16.2. The second-order valence-corrected chi connectivity index (χ2v) is 4.72. The predicted molar refractivity (Wildman–Crippen MR) is 74.3 cm³/mol. The van der Waals surface area contributed by atoms with Gasteiger partial charge in [-0.2, -0.15) is 0 Å². The number of aromatic nitrogens is 1. The number of carbonyl (C=O) groups excluding carboxylic acids is 1. The maximum Gasteiger partial charge on any atom is 0.340 e. The van der Waals surface area contributed by atoms with Gasteiger partial charge in [-0.25, -0.2) is 4.79 Å². The fourth-order valence-electron chi connectivity index (χ4n) is 1.71. The largest absolute Gasteiger partial charge is 0.457 e. The molecule has 3 nitrogen and oxygen atoms in total. The monoisotopic (exact) mass is 275 g/mol. The first-order valence-corrected chi connectivity index (χ1v) is 6.30. The maximum atomic E-state index is 11.9. The Morgan fingerprint density at radius 3 is 2.47 bits per heavy atom. The lowest BCUT2D eigenvalue weighted by molar-refractivity contribution is 0.0471. The Bertz CT molecular complexity index is 594. The van der Waals surface area contributed by atoms with Crippen LogP contribution in [0.4, 0.5) is 0 Å². The number of carbonyl (C=O) groups is 1. The molecule has 2 aromatic rings. The molecule has 0 fully saturated rings. The molecule has 98 valence electrons. The molecule has 4 heteroatoms. The van der Waals surface area contributed by atoms with E-state index >= 15 is 0 Å². The van der Waals surface area contributed by atoms with Crippen LogP contribution in [0.2, 0.25) is 5.02 Å². The van der Waals surface area contributed by atoms with Gasteiger partial charge in [-0.3, -0.25) is 4.98 Å². The maximum absolute atomic E-state index is 11.9. The molecule has 0 aliphatic rings. The molecule has 1 aromatic heterocycles. The Kier molecular flexibility index (Phi) is 4.17. The van der Waals surface area contributed by atoms with Crippen molar-refractivity contribution in [3.05, 3.63) is 63.9 Å². The highest BCUT2D eigenvalue weighted by atomic mass is 35.5. The van der Waals surface area contributed by atoms with Crippen molar-refractivity contribution in [2.45, 2.75) is 20.5 Å². The average molecular weight is 276 g/mol. The van der Waals surface area contributed by atoms with Crippen LogP contribution in [0.25, 0.3) is 0 Å². The SMILES string of the molecule is Cc1ccc(C(=O)OCc2ccc(Cl)cc2)c(C)n1. The summed E-state index contributed by atoms with van der Waals surface area (Å²) < 4.78 is 5.25. The zero-order valence-corrected chi connectivity index (χ0v) is 11.6. The standard InChI is InChI=1S/C15H14ClNO2/c1-10-3-8-14(11(2)17-10)15(18)19-9-12-4-6-13(16)7-5-12/h3-8H,9H2,1-2H3. The Hall–Kier alpha value is -1.87. The van der Waals surface area contributed by atoms with Gasteiger partial charge < -0.3 is 4.74 Å². The molecule has 0 aliphatic carbocycles. The van der Waals surface area contributed by atoms with E-state index in [0.717, 1.165) is 11.3 Å². The third-order valence-corrected chi connectivity index (χ3v) is 2.98. The molecule has 1 heterocycles. The number of nitrogens with zero attached hydrogens (tertiary/aromatic N) is 1. The Morgan fingerprint density at radius 1 is 1.16 bits per heavy atom. The van der Waals surface area contributed by atoms with Crippen LogP contribution in [-0.4, -0.2) is 11.0 Å². The first-order chi connectivity index (χ1) is 9.06. The summed E-state index contributed by atoms with van der Waals surface area (Å²) in [6.45, 7) is 3.91. The summed E-state index contributed by atoms with van der Waals surface area (Å²) in [5.74, 6) is -0.361. The molecule has 0 radical (unpaired) electrons. The van der Waals surface area contributed by atoms with Crippen LogP contribution in [0.5, 0.6) is 0 Å². The summed E-state index contributed by atoms with van der Waals surface area (Å²) in [7, 11) is 0. The lowest BCUT2D eigenvalue weighted by atomic mass is 10.2. The van der Waals surface area contributed by atoms with E-state index in [1.165, 1.54) is 0 Å². The van der Waals surface area contributed by atoms with Crippen LogP contribution in [0.1, 0.15) is 27.3 Å². The fraction of sp³-hybridized carbons (Fsp3) is 0.200. The summed E-state index contributed by atoms with van der Waals surface area (Å²) in [6, 6.07) is 10.7. The zero-order chi connectivity index (χ0) is 13.8. The van der Waals surface area contributed by atoms with E-state index < -0.39 is 0 Å². The number of rotatable bonds is 3. The molecule has 19 heavy (non-hydrogen) atoms. The van der Waals surface area contributed by atoms with Crippen molar-refractivity contribution in [3.8, 4) is 0 Å². The highest BCUT2D eigenvalue weighted by Crippen LogP contribution is 2.12. The molecule has 0 atom stereocenters. The Morgan fingerprint density at radius 2 is 1.84 bits per heavy atom. The van der Waals surface area contributed by atoms with Crippen molar-refractivity contribution in [2.75, 3.05) is 0 Å².